The molecule has 4 rings (SSSR count). The minimum Gasteiger partial charge on any atom is -0.476 e. The Labute approximate surface area is 260 Å². The van der Waals surface area contributed by atoms with Gasteiger partial charge in [0.15, 0.2) is 5.82 Å². The Morgan fingerprint density at radius 2 is 1.61 bits per heavy atom. The van der Waals surface area contributed by atoms with Crippen LogP contribution in [0.15, 0.2) is 42.6 Å². The maximum Gasteiger partial charge on any atom is 0.315 e. The number of hydrogen-bond donors (Lipinski definition) is 0. The Morgan fingerprint density at radius 3 is 2.20 bits per heavy atom. The molecule has 9 nitrogen and oxygen atoms in total. The van der Waals surface area contributed by atoms with Crippen LogP contribution in [-0.4, -0.2) is 72.3 Å². The number of rotatable bonds is 12. The van der Waals surface area contributed by atoms with E-state index in [4.69, 9.17) is 19.2 Å². The summed E-state index contributed by atoms with van der Waals surface area (Å²) in [5, 5.41) is 4.65. The third-order valence-electron chi connectivity index (χ3n) is 7.24. The predicted octanol–water partition coefficient (Wildman–Crippen LogP) is 6.45. The van der Waals surface area contributed by atoms with Crippen LogP contribution < -0.4 is 9.64 Å². The molecule has 0 unspecified atom stereocenters. The molecule has 12 heteroatoms. The molecule has 1 fully saturated rings. The highest BCUT2D eigenvalue weighted by molar-refractivity contribution is 6.55. The molecular formula is C32H45F2N5O4Si. The van der Waals surface area contributed by atoms with Gasteiger partial charge in [0, 0.05) is 64.7 Å². The summed E-state index contributed by atoms with van der Waals surface area (Å²) in [6.07, 6.45) is 1.31. The quantitative estimate of drug-likeness (QED) is 0.128. The summed E-state index contributed by atoms with van der Waals surface area (Å²) in [6, 6.07) is 12.6. The van der Waals surface area contributed by atoms with Crippen molar-refractivity contribution in [1.29, 1.82) is 0 Å². The van der Waals surface area contributed by atoms with E-state index in [2.05, 4.69) is 23.2 Å². The predicted molar refractivity (Wildman–Crippen MR) is 170 cm³/mol. The Balaban J connectivity index is 1.45. The number of alkyl halides is 2. The molecule has 0 amide bonds. The molecule has 1 aliphatic heterocycles. The Morgan fingerprint density at radius 1 is 0.977 bits per heavy atom. The van der Waals surface area contributed by atoms with Gasteiger partial charge in [0.2, 0.25) is 11.8 Å². The van der Waals surface area contributed by atoms with E-state index in [0.29, 0.717) is 24.3 Å². The molecule has 0 atom stereocenters. The molecule has 0 N–H and O–H groups in total. The number of anilines is 1. The number of pyridine rings is 1. The van der Waals surface area contributed by atoms with E-state index in [9.17, 15) is 13.6 Å². The molecule has 3 aromatic rings. The fraction of sp³-hybridized carbons (Fsp3) is 0.562. The van der Waals surface area contributed by atoms with Crippen LogP contribution in [0.1, 0.15) is 47.5 Å². The molecule has 1 aliphatic rings. The van der Waals surface area contributed by atoms with E-state index in [1.807, 2.05) is 56.0 Å². The average Bonchev–Trinajstić information content (AvgIpc) is 3.37. The summed E-state index contributed by atoms with van der Waals surface area (Å²) in [4.78, 5) is 23.5. The SMILES string of the molecule is C[SiH](C)CCOCn1nc(N2CCC(F)(F)CC2)nc1-c1ccc(-c2ccc(OCC(C)(C)C(=O)OC(C)(C)C)nc2)cc1. The summed E-state index contributed by atoms with van der Waals surface area (Å²) >= 11 is 0. The van der Waals surface area contributed by atoms with Gasteiger partial charge in [0.05, 0.1) is 5.41 Å². The van der Waals surface area contributed by atoms with Crippen LogP contribution in [-0.2, 0) is 21.0 Å². The van der Waals surface area contributed by atoms with Gasteiger partial charge in [-0.3, -0.25) is 4.79 Å². The zero-order valence-electron chi connectivity index (χ0n) is 26.9. The molecule has 0 saturated carbocycles. The zero-order valence-corrected chi connectivity index (χ0v) is 28.1. The lowest BCUT2D eigenvalue weighted by atomic mass is 9.94. The van der Waals surface area contributed by atoms with Crippen molar-refractivity contribution in [1.82, 2.24) is 19.7 Å². The summed E-state index contributed by atoms with van der Waals surface area (Å²) < 4.78 is 46.5. The Bertz CT molecular complexity index is 1380. The van der Waals surface area contributed by atoms with Crippen LogP contribution in [0.2, 0.25) is 19.1 Å². The zero-order chi connectivity index (χ0) is 32.1. The van der Waals surface area contributed by atoms with E-state index in [0.717, 1.165) is 22.7 Å². The molecular weight excluding hydrogens is 584 g/mol. The van der Waals surface area contributed by atoms with Gasteiger partial charge in [-0.25, -0.2) is 18.4 Å². The summed E-state index contributed by atoms with van der Waals surface area (Å²) in [7, 11) is -0.742. The monoisotopic (exact) mass is 629 g/mol. The van der Waals surface area contributed by atoms with Gasteiger partial charge in [-0.1, -0.05) is 37.4 Å². The number of hydrogen-bond acceptors (Lipinski definition) is 8. The number of piperidine rings is 1. The lowest BCUT2D eigenvalue weighted by Gasteiger charge is -2.30. The van der Waals surface area contributed by atoms with Gasteiger partial charge in [-0.15, -0.1) is 5.10 Å². The van der Waals surface area contributed by atoms with Gasteiger partial charge in [0.25, 0.3) is 5.92 Å². The first-order chi connectivity index (χ1) is 20.6. The normalized spacial score (nSPS) is 15.5. The minimum atomic E-state index is -2.64. The molecule has 44 heavy (non-hydrogen) atoms. The van der Waals surface area contributed by atoms with E-state index >= 15 is 0 Å². The Hall–Kier alpha value is -3.38. The average molecular weight is 630 g/mol. The first kappa shape index (κ1) is 33.5. The van der Waals surface area contributed by atoms with Crippen molar-refractivity contribution in [3.05, 3.63) is 42.6 Å². The van der Waals surface area contributed by atoms with Gasteiger partial charge >= 0.3 is 5.97 Å². The fourth-order valence-electron chi connectivity index (χ4n) is 4.45. The largest absolute Gasteiger partial charge is 0.476 e. The standard InChI is InChI=1S/C32H45F2N5O4Si/c1-30(2,3)43-28(40)31(4,5)21-42-26-13-12-25(20-35-26)23-8-10-24(11-9-23)27-36-29(38-16-14-32(33,34)15-17-38)37-39(27)22-41-18-19-44(6)7/h8-13,20,44H,14-19,21-22H2,1-7H3. The number of carbonyl (C=O) groups excluding carboxylic acids is 1. The highest BCUT2D eigenvalue weighted by atomic mass is 28.3. The Kier molecular flexibility index (Phi) is 10.4. The number of ether oxygens (including phenoxy) is 3. The lowest BCUT2D eigenvalue weighted by molar-refractivity contribution is -0.167. The van der Waals surface area contributed by atoms with Gasteiger partial charge < -0.3 is 19.1 Å². The molecule has 0 spiro atoms. The number of carbonyl (C=O) groups is 1. The van der Waals surface area contributed by atoms with Crippen molar-refractivity contribution in [3.8, 4) is 28.4 Å². The van der Waals surface area contributed by atoms with Crippen LogP contribution >= 0.6 is 0 Å². The van der Waals surface area contributed by atoms with E-state index in [-0.39, 0.29) is 45.2 Å². The van der Waals surface area contributed by atoms with Crippen molar-refractivity contribution < 1.29 is 27.8 Å². The van der Waals surface area contributed by atoms with Gasteiger partial charge in [-0.2, -0.15) is 4.98 Å². The molecule has 3 heterocycles. The van der Waals surface area contributed by atoms with Crippen LogP contribution in [0.3, 0.4) is 0 Å². The van der Waals surface area contributed by atoms with E-state index in [1.54, 1.807) is 30.8 Å². The van der Waals surface area contributed by atoms with Crippen LogP contribution in [0.5, 0.6) is 5.88 Å². The minimum absolute atomic E-state index is 0.134. The number of aromatic nitrogens is 4. The highest BCUT2D eigenvalue weighted by Gasteiger charge is 2.36. The van der Waals surface area contributed by atoms with Crippen LogP contribution in [0.25, 0.3) is 22.5 Å². The summed E-state index contributed by atoms with van der Waals surface area (Å²) in [5.74, 6) is -1.49. The molecule has 2 aromatic heterocycles. The third-order valence-corrected chi connectivity index (χ3v) is 8.63. The lowest BCUT2D eigenvalue weighted by Crippen LogP contribution is -2.39. The first-order valence-electron chi connectivity index (χ1n) is 15.2. The summed E-state index contributed by atoms with van der Waals surface area (Å²) in [5.41, 5.74) is 1.29. The van der Waals surface area contributed by atoms with Crippen LogP contribution in [0.4, 0.5) is 14.7 Å². The second-order valence-electron chi connectivity index (χ2n) is 13.4. The van der Waals surface area contributed by atoms with Crippen LogP contribution in [0, 0.1) is 5.41 Å². The maximum atomic E-state index is 13.8. The molecule has 240 valence electrons. The second-order valence-corrected chi connectivity index (χ2v) is 16.8. The smallest absolute Gasteiger partial charge is 0.315 e. The number of benzene rings is 1. The van der Waals surface area contributed by atoms with Gasteiger partial charge in [-0.05, 0) is 52.3 Å². The van der Waals surface area contributed by atoms with Gasteiger partial charge in [0.1, 0.15) is 18.9 Å². The van der Waals surface area contributed by atoms with Crippen molar-refractivity contribution in [3.63, 3.8) is 0 Å². The molecule has 0 radical (unpaired) electrons. The number of esters is 1. The molecule has 1 saturated heterocycles. The third kappa shape index (κ3) is 9.31. The van der Waals surface area contributed by atoms with E-state index in [1.165, 1.54) is 0 Å². The van der Waals surface area contributed by atoms with Crippen molar-refractivity contribution in [2.75, 3.05) is 31.2 Å². The van der Waals surface area contributed by atoms with Crippen molar-refractivity contribution in [2.24, 2.45) is 5.41 Å². The topological polar surface area (TPSA) is 91.6 Å². The first-order valence-corrected chi connectivity index (χ1v) is 18.3. The highest BCUT2D eigenvalue weighted by Crippen LogP contribution is 2.31. The molecule has 1 aromatic carbocycles. The van der Waals surface area contributed by atoms with Crippen molar-refractivity contribution in [2.45, 2.75) is 84.9 Å². The number of nitrogens with zero attached hydrogens (tertiary/aromatic N) is 5. The van der Waals surface area contributed by atoms with E-state index < -0.39 is 25.7 Å². The second kappa shape index (κ2) is 13.7. The fourth-order valence-corrected chi connectivity index (χ4v) is 5.09. The molecule has 0 aliphatic carbocycles. The summed E-state index contributed by atoms with van der Waals surface area (Å²) in [6.45, 7) is 15.1. The van der Waals surface area contributed by atoms with Crippen molar-refractivity contribution >= 4 is 20.7 Å². The number of halogens is 2. The molecule has 0 bridgehead atoms. The maximum absolute atomic E-state index is 13.8.